The zero-order valence-corrected chi connectivity index (χ0v) is 11.2. The molecule has 0 fully saturated rings. The highest BCUT2D eigenvalue weighted by molar-refractivity contribution is 7.14. The number of nitriles is 1. The lowest BCUT2D eigenvalue weighted by Gasteiger charge is -2.08. The fourth-order valence-electron chi connectivity index (χ4n) is 1.41. The summed E-state index contributed by atoms with van der Waals surface area (Å²) in [6.45, 7) is 2.49. The summed E-state index contributed by atoms with van der Waals surface area (Å²) in [5.41, 5.74) is 1.19. The van der Waals surface area contributed by atoms with Gasteiger partial charge in [-0.3, -0.25) is 0 Å². The molecular weight excluding hydrogens is 270 g/mol. The van der Waals surface area contributed by atoms with Gasteiger partial charge in [0.2, 0.25) is 0 Å². The first kappa shape index (κ1) is 12.7. The van der Waals surface area contributed by atoms with Crippen molar-refractivity contribution in [3.05, 3.63) is 34.3 Å². The predicted octanol–water partition coefficient (Wildman–Crippen LogP) is 3.81. The van der Waals surface area contributed by atoms with Crippen molar-refractivity contribution in [3.8, 4) is 11.8 Å². The maximum atomic E-state index is 9.05. The highest BCUT2D eigenvalue weighted by atomic mass is 35.5. The van der Waals surface area contributed by atoms with Crippen molar-refractivity contribution < 1.29 is 4.74 Å². The fraction of sp³-hybridized carbons (Fsp3) is 0.167. The number of aromatic nitrogens is 1. The zero-order chi connectivity index (χ0) is 13.0. The largest absolute Gasteiger partial charge is 0.494 e. The van der Waals surface area contributed by atoms with Crippen molar-refractivity contribution >= 4 is 33.8 Å². The van der Waals surface area contributed by atoms with E-state index in [-0.39, 0.29) is 0 Å². The number of thiazole rings is 1. The van der Waals surface area contributed by atoms with E-state index in [9.17, 15) is 0 Å². The third-order valence-corrected chi connectivity index (χ3v) is 3.22. The average molecular weight is 280 g/mol. The second-order valence-electron chi connectivity index (χ2n) is 3.35. The van der Waals surface area contributed by atoms with Crippen LogP contribution < -0.4 is 10.1 Å². The van der Waals surface area contributed by atoms with Crippen molar-refractivity contribution in [3.63, 3.8) is 0 Å². The molecule has 6 heteroatoms. The van der Waals surface area contributed by atoms with E-state index in [4.69, 9.17) is 21.6 Å². The lowest BCUT2D eigenvalue weighted by molar-refractivity contribution is 0.340. The molecular formula is C12H10ClN3OS. The number of hydrogen-bond donors (Lipinski definition) is 1. The maximum absolute atomic E-state index is 9.05. The molecule has 0 bridgehead atoms. The second-order valence-corrected chi connectivity index (χ2v) is 4.60. The average Bonchev–Trinajstić information content (AvgIpc) is 2.76. The third-order valence-electron chi connectivity index (χ3n) is 2.14. The molecule has 18 heavy (non-hydrogen) atoms. The minimum absolute atomic E-state index is 0.432. The van der Waals surface area contributed by atoms with Gasteiger partial charge >= 0.3 is 0 Å². The van der Waals surface area contributed by atoms with Crippen molar-refractivity contribution in [2.75, 3.05) is 11.9 Å². The summed E-state index contributed by atoms with van der Waals surface area (Å²) in [5, 5.41) is 14.9. The number of rotatable bonds is 4. The first-order valence-corrected chi connectivity index (χ1v) is 6.53. The van der Waals surface area contributed by atoms with Gasteiger partial charge in [0.05, 0.1) is 17.9 Å². The molecule has 2 rings (SSSR count). The van der Waals surface area contributed by atoms with Gasteiger partial charge in [0.15, 0.2) is 5.13 Å². The van der Waals surface area contributed by atoms with Crippen LogP contribution in [-0.4, -0.2) is 11.6 Å². The molecule has 0 aliphatic rings. The number of anilines is 2. The Kier molecular flexibility index (Phi) is 4.03. The Bertz CT molecular complexity index is 591. The molecule has 0 spiro atoms. The molecule has 1 aromatic carbocycles. The Morgan fingerprint density at radius 1 is 1.56 bits per heavy atom. The summed E-state index contributed by atoms with van der Waals surface area (Å²) in [6.07, 6.45) is 0. The standard InChI is InChI=1S/C12H10ClN3OS/c1-2-17-9-4-3-8(6-14)10(5-9)15-12-16-11(13)7-18-12/h3-5,7H,2H2,1H3,(H,15,16). The monoisotopic (exact) mass is 279 g/mol. The van der Waals surface area contributed by atoms with Crippen LogP contribution in [0.1, 0.15) is 12.5 Å². The Morgan fingerprint density at radius 2 is 2.39 bits per heavy atom. The minimum atomic E-state index is 0.432. The van der Waals surface area contributed by atoms with Crippen LogP contribution in [0.2, 0.25) is 5.15 Å². The molecule has 0 saturated heterocycles. The topological polar surface area (TPSA) is 57.9 Å². The first-order valence-electron chi connectivity index (χ1n) is 5.28. The van der Waals surface area contributed by atoms with E-state index in [2.05, 4.69) is 16.4 Å². The van der Waals surface area contributed by atoms with E-state index >= 15 is 0 Å². The lowest BCUT2D eigenvalue weighted by Crippen LogP contribution is -1.96. The normalized spacial score (nSPS) is 9.83. The maximum Gasteiger partial charge on any atom is 0.188 e. The highest BCUT2D eigenvalue weighted by Gasteiger charge is 2.07. The summed E-state index contributed by atoms with van der Waals surface area (Å²) in [5.74, 6) is 0.710. The molecule has 0 amide bonds. The molecule has 0 aliphatic heterocycles. The van der Waals surface area contributed by atoms with Gasteiger partial charge < -0.3 is 10.1 Å². The van der Waals surface area contributed by atoms with Crippen molar-refractivity contribution in [1.29, 1.82) is 5.26 Å². The van der Waals surface area contributed by atoms with E-state index in [1.54, 1.807) is 23.6 Å². The highest BCUT2D eigenvalue weighted by Crippen LogP contribution is 2.28. The number of ether oxygens (including phenoxy) is 1. The van der Waals surface area contributed by atoms with Crippen molar-refractivity contribution in [2.24, 2.45) is 0 Å². The van der Waals surface area contributed by atoms with E-state index < -0.39 is 0 Å². The quantitative estimate of drug-likeness (QED) is 0.924. The van der Waals surface area contributed by atoms with Crippen LogP contribution in [-0.2, 0) is 0 Å². The Hall–Kier alpha value is -1.77. The van der Waals surface area contributed by atoms with Crippen LogP contribution in [0.4, 0.5) is 10.8 Å². The van der Waals surface area contributed by atoms with Gasteiger partial charge in [0.25, 0.3) is 0 Å². The molecule has 1 aromatic heterocycles. The van der Waals surface area contributed by atoms with E-state index in [0.29, 0.717) is 33.9 Å². The van der Waals surface area contributed by atoms with Crippen LogP contribution in [0.25, 0.3) is 0 Å². The summed E-state index contributed by atoms with van der Waals surface area (Å²) in [7, 11) is 0. The molecule has 1 heterocycles. The van der Waals surface area contributed by atoms with E-state index in [1.165, 1.54) is 11.3 Å². The third kappa shape index (κ3) is 2.92. The van der Waals surface area contributed by atoms with Crippen LogP contribution in [0.15, 0.2) is 23.6 Å². The van der Waals surface area contributed by atoms with Gasteiger partial charge in [-0.15, -0.1) is 11.3 Å². The molecule has 0 atom stereocenters. The number of nitrogens with zero attached hydrogens (tertiary/aromatic N) is 2. The van der Waals surface area contributed by atoms with Gasteiger partial charge in [-0.1, -0.05) is 11.6 Å². The Balaban J connectivity index is 2.29. The SMILES string of the molecule is CCOc1ccc(C#N)c(Nc2nc(Cl)cs2)c1. The van der Waals surface area contributed by atoms with Crippen LogP contribution >= 0.6 is 22.9 Å². The van der Waals surface area contributed by atoms with Crippen LogP contribution in [0.5, 0.6) is 5.75 Å². The number of benzene rings is 1. The smallest absolute Gasteiger partial charge is 0.188 e. The number of hydrogen-bond acceptors (Lipinski definition) is 5. The van der Waals surface area contributed by atoms with Crippen molar-refractivity contribution in [1.82, 2.24) is 4.98 Å². The number of halogens is 1. The van der Waals surface area contributed by atoms with Crippen LogP contribution in [0, 0.1) is 11.3 Å². The molecule has 2 aromatic rings. The molecule has 0 radical (unpaired) electrons. The Labute approximate surface area is 114 Å². The van der Waals surface area contributed by atoms with Gasteiger partial charge in [-0.25, -0.2) is 4.98 Å². The predicted molar refractivity (Wildman–Crippen MR) is 72.7 cm³/mol. The molecule has 0 saturated carbocycles. The number of nitrogens with one attached hydrogen (secondary N) is 1. The minimum Gasteiger partial charge on any atom is -0.494 e. The summed E-state index contributed by atoms with van der Waals surface area (Å²) < 4.78 is 5.40. The fourth-order valence-corrected chi connectivity index (χ4v) is 2.26. The van der Waals surface area contributed by atoms with Gasteiger partial charge in [0.1, 0.15) is 17.0 Å². The molecule has 4 nitrogen and oxygen atoms in total. The van der Waals surface area contributed by atoms with Crippen molar-refractivity contribution in [2.45, 2.75) is 6.92 Å². The molecule has 0 aliphatic carbocycles. The van der Waals surface area contributed by atoms with E-state index in [1.807, 2.05) is 6.92 Å². The summed E-state index contributed by atoms with van der Waals surface area (Å²) in [4.78, 5) is 4.08. The van der Waals surface area contributed by atoms with E-state index in [0.717, 1.165) is 0 Å². The molecule has 0 unspecified atom stereocenters. The second kappa shape index (κ2) is 5.71. The lowest BCUT2D eigenvalue weighted by atomic mass is 10.2. The first-order chi connectivity index (χ1) is 8.72. The Morgan fingerprint density at radius 3 is 3.00 bits per heavy atom. The van der Waals surface area contributed by atoms with Gasteiger partial charge in [0, 0.05) is 11.4 Å². The molecule has 1 N–H and O–H groups in total. The zero-order valence-electron chi connectivity index (χ0n) is 9.61. The van der Waals surface area contributed by atoms with Gasteiger partial charge in [-0.2, -0.15) is 5.26 Å². The summed E-state index contributed by atoms with van der Waals surface area (Å²) >= 11 is 7.13. The van der Waals surface area contributed by atoms with Gasteiger partial charge in [-0.05, 0) is 19.1 Å². The summed E-state index contributed by atoms with van der Waals surface area (Å²) in [6, 6.07) is 7.37. The van der Waals surface area contributed by atoms with Crippen LogP contribution in [0.3, 0.4) is 0 Å². The molecule has 92 valence electrons.